The van der Waals surface area contributed by atoms with Crippen LogP contribution in [0.4, 0.5) is 5.69 Å². The number of hydrogen-bond donors (Lipinski definition) is 1. The van der Waals surface area contributed by atoms with Crippen molar-refractivity contribution in [2.24, 2.45) is 5.92 Å². The maximum absolute atomic E-state index is 12.4. The van der Waals surface area contributed by atoms with Crippen molar-refractivity contribution in [2.45, 2.75) is 24.2 Å². The summed E-state index contributed by atoms with van der Waals surface area (Å²) in [5, 5.41) is 10.7. The molecule has 0 fully saturated rings. The zero-order valence-corrected chi connectivity index (χ0v) is 15.0. The molecule has 26 heavy (non-hydrogen) atoms. The van der Waals surface area contributed by atoms with E-state index in [0.717, 1.165) is 19.3 Å². The molecule has 7 heteroatoms. The predicted molar refractivity (Wildman–Crippen MR) is 100 cm³/mol. The van der Waals surface area contributed by atoms with Gasteiger partial charge in [-0.25, -0.2) is 13.1 Å². The number of hydrogen-bond acceptors (Lipinski definition) is 4. The van der Waals surface area contributed by atoms with E-state index in [4.69, 9.17) is 0 Å². The van der Waals surface area contributed by atoms with Gasteiger partial charge in [0.1, 0.15) is 0 Å². The van der Waals surface area contributed by atoms with Crippen LogP contribution in [0.3, 0.4) is 0 Å². The fourth-order valence-corrected chi connectivity index (χ4v) is 4.23. The molecule has 0 radical (unpaired) electrons. The summed E-state index contributed by atoms with van der Waals surface area (Å²) in [4.78, 5) is 10.2. The number of nitro groups is 1. The minimum absolute atomic E-state index is 0.0396. The molecule has 1 unspecified atom stereocenters. The average molecular weight is 372 g/mol. The molecule has 0 amide bonds. The molecule has 2 aromatic carbocycles. The number of nitrogens with one attached hydrogen (secondary N) is 1. The van der Waals surface area contributed by atoms with Crippen molar-refractivity contribution < 1.29 is 13.3 Å². The van der Waals surface area contributed by atoms with Crippen LogP contribution in [0.1, 0.15) is 24.8 Å². The summed E-state index contributed by atoms with van der Waals surface area (Å²) in [5.41, 5.74) is 2.29. The van der Waals surface area contributed by atoms with E-state index in [-0.39, 0.29) is 16.5 Å². The topological polar surface area (TPSA) is 89.3 Å². The van der Waals surface area contributed by atoms with Crippen molar-refractivity contribution >= 4 is 21.3 Å². The molecule has 6 nitrogen and oxygen atoms in total. The molecule has 0 spiro atoms. The molecule has 1 aliphatic rings. The lowest BCUT2D eigenvalue weighted by atomic mass is 9.86. The third-order valence-electron chi connectivity index (χ3n) is 4.54. The van der Waals surface area contributed by atoms with Crippen molar-refractivity contribution in [1.82, 2.24) is 4.72 Å². The van der Waals surface area contributed by atoms with Crippen LogP contribution >= 0.6 is 0 Å². The van der Waals surface area contributed by atoms with E-state index >= 15 is 0 Å². The standard InChI is InChI=1S/C19H20N2O4S/c22-21(23)18-9-11-19(12-10-18)26(24,25)20-14-15-5-4-8-17(13-15)16-6-2-1-3-7-16/h1-3,6-12,15,20H,4-5,13-14H2. The first kappa shape index (κ1) is 18.3. The SMILES string of the molecule is O=[N+]([O-])c1ccc(S(=O)(=O)NCC2CCC=C(c3ccccc3)C2)cc1. The average Bonchev–Trinajstić information content (AvgIpc) is 2.67. The highest BCUT2D eigenvalue weighted by Gasteiger charge is 2.21. The molecule has 0 aliphatic heterocycles. The Kier molecular flexibility index (Phi) is 5.49. The van der Waals surface area contributed by atoms with Crippen molar-refractivity contribution in [2.75, 3.05) is 6.54 Å². The van der Waals surface area contributed by atoms with Gasteiger partial charge in [-0.05, 0) is 48.4 Å². The quantitative estimate of drug-likeness (QED) is 0.618. The van der Waals surface area contributed by atoms with Crippen molar-refractivity contribution in [1.29, 1.82) is 0 Å². The van der Waals surface area contributed by atoms with E-state index in [0.29, 0.717) is 6.54 Å². The second kappa shape index (κ2) is 7.80. The molecule has 0 saturated heterocycles. The number of rotatable bonds is 6. The lowest BCUT2D eigenvalue weighted by Crippen LogP contribution is -2.30. The predicted octanol–water partition coefficient (Wildman–Crippen LogP) is 3.76. The van der Waals surface area contributed by atoms with Gasteiger partial charge in [0.25, 0.3) is 5.69 Å². The Morgan fingerprint density at radius 3 is 2.42 bits per heavy atom. The van der Waals surface area contributed by atoms with Gasteiger partial charge in [0.15, 0.2) is 0 Å². The van der Waals surface area contributed by atoms with Gasteiger partial charge < -0.3 is 0 Å². The van der Waals surface area contributed by atoms with E-state index < -0.39 is 14.9 Å². The van der Waals surface area contributed by atoms with Crippen LogP contribution in [-0.4, -0.2) is 19.9 Å². The maximum Gasteiger partial charge on any atom is 0.269 e. The highest BCUT2D eigenvalue weighted by Crippen LogP contribution is 2.30. The number of non-ortho nitro benzene ring substituents is 1. The van der Waals surface area contributed by atoms with Crippen molar-refractivity contribution in [3.05, 3.63) is 76.4 Å². The molecule has 0 saturated carbocycles. The third kappa shape index (κ3) is 4.36. The molecular weight excluding hydrogens is 352 g/mol. The summed E-state index contributed by atoms with van der Waals surface area (Å²) in [6.45, 7) is 0.351. The number of allylic oxidation sites excluding steroid dienone is 2. The van der Waals surface area contributed by atoms with Crippen LogP contribution in [0.15, 0.2) is 65.6 Å². The molecule has 0 aromatic heterocycles. The summed E-state index contributed by atoms with van der Waals surface area (Å²) >= 11 is 0. The Labute approximate surface area is 152 Å². The Hall–Kier alpha value is -2.51. The lowest BCUT2D eigenvalue weighted by Gasteiger charge is -2.23. The van der Waals surface area contributed by atoms with Crippen molar-refractivity contribution in [3.8, 4) is 0 Å². The molecule has 0 bridgehead atoms. The fourth-order valence-electron chi connectivity index (χ4n) is 3.11. The maximum atomic E-state index is 12.4. The van der Waals surface area contributed by atoms with Gasteiger partial charge in [0, 0.05) is 18.7 Å². The zero-order valence-electron chi connectivity index (χ0n) is 14.2. The molecule has 1 atom stereocenters. The summed E-state index contributed by atoms with van der Waals surface area (Å²) < 4.78 is 27.5. The molecule has 2 aromatic rings. The van der Waals surface area contributed by atoms with Crippen LogP contribution in [0.25, 0.3) is 5.57 Å². The largest absolute Gasteiger partial charge is 0.269 e. The minimum Gasteiger partial charge on any atom is -0.258 e. The van der Waals surface area contributed by atoms with Crippen LogP contribution in [-0.2, 0) is 10.0 Å². The van der Waals surface area contributed by atoms with Gasteiger partial charge in [-0.2, -0.15) is 0 Å². The molecular formula is C19H20N2O4S. The van der Waals surface area contributed by atoms with Gasteiger partial charge >= 0.3 is 0 Å². The first-order valence-electron chi connectivity index (χ1n) is 8.44. The van der Waals surface area contributed by atoms with Crippen LogP contribution in [0.5, 0.6) is 0 Å². The first-order chi connectivity index (χ1) is 12.5. The number of sulfonamides is 1. The lowest BCUT2D eigenvalue weighted by molar-refractivity contribution is -0.384. The summed E-state index contributed by atoms with van der Waals surface area (Å²) in [7, 11) is -3.68. The van der Waals surface area contributed by atoms with E-state index in [1.165, 1.54) is 35.4 Å². The normalized spacial score (nSPS) is 17.5. The summed E-state index contributed by atoms with van der Waals surface area (Å²) in [6, 6.07) is 15.0. The number of benzene rings is 2. The zero-order chi connectivity index (χ0) is 18.6. The van der Waals surface area contributed by atoms with E-state index in [1.54, 1.807) is 0 Å². The number of nitrogens with zero attached hydrogens (tertiary/aromatic N) is 1. The Bertz CT molecular complexity index is 906. The molecule has 136 valence electrons. The monoisotopic (exact) mass is 372 g/mol. The van der Waals surface area contributed by atoms with Crippen LogP contribution in [0.2, 0.25) is 0 Å². The van der Waals surface area contributed by atoms with Gasteiger partial charge in [-0.15, -0.1) is 0 Å². The molecule has 0 heterocycles. The summed E-state index contributed by atoms with van der Waals surface area (Å²) in [5.74, 6) is 0.225. The Morgan fingerprint density at radius 1 is 1.08 bits per heavy atom. The van der Waals surface area contributed by atoms with Crippen LogP contribution in [0, 0.1) is 16.0 Å². The van der Waals surface area contributed by atoms with E-state index in [9.17, 15) is 18.5 Å². The summed E-state index contributed by atoms with van der Waals surface area (Å²) in [6.07, 6.45) is 4.90. The fraction of sp³-hybridized carbons (Fsp3) is 0.263. The smallest absolute Gasteiger partial charge is 0.258 e. The third-order valence-corrected chi connectivity index (χ3v) is 5.98. The Balaban J connectivity index is 1.63. The number of nitro benzene ring substituents is 1. The van der Waals surface area contributed by atoms with E-state index in [2.05, 4.69) is 22.9 Å². The van der Waals surface area contributed by atoms with Gasteiger partial charge in [0.2, 0.25) is 10.0 Å². The molecule has 1 aliphatic carbocycles. The van der Waals surface area contributed by atoms with E-state index in [1.807, 2.05) is 18.2 Å². The molecule has 1 N–H and O–H groups in total. The highest BCUT2D eigenvalue weighted by molar-refractivity contribution is 7.89. The van der Waals surface area contributed by atoms with Gasteiger partial charge in [0.05, 0.1) is 9.82 Å². The Morgan fingerprint density at radius 2 is 1.77 bits per heavy atom. The van der Waals surface area contributed by atoms with Gasteiger partial charge in [-0.3, -0.25) is 10.1 Å². The molecule has 3 rings (SSSR count). The second-order valence-electron chi connectivity index (χ2n) is 6.35. The van der Waals surface area contributed by atoms with Crippen molar-refractivity contribution in [3.63, 3.8) is 0 Å². The van der Waals surface area contributed by atoms with Crippen LogP contribution < -0.4 is 4.72 Å². The first-order valence-corrected chi connectivity index (χ1v) is 9.92. The minimum atomic E-state index is -3.68. The van der Waals surface area contributed by atoms with Gasteiger partial charge in [-0.1, -0.05) is 36.4 Å². The highest BCUT2D eigenvalue weighted by atomic mass is 32.2. The second-order valence-corrected chi connectivity index (χ2v) is 8.11.